The normalized spacial score (nSPS) is 9.73. The second-order valence-electron chi connectivity index (χ2n) is 3.57. The molecule has 3 heteroatoms. The van der Waals surface area contributed by atoms with Crippen LogP contribution < -0.4 is 4.57 Å². The third-order valence-electron chi connectivity index (χ3n) is 2.59. The van der Waals surface area contributed by atoms with Crippen molar-refractivity contribution in [3.8, 4) is 0 Å². The molecule has 0 spiro atoms. The monoisotopic (exact) mass is 204 g/mol. The number of benzene rings is 1. The van der Waals surface area contributed by atoms with E-state index < -0.39 is 0 Å². The molecule has 2 aromatic rings. The number of imidazole rings is 1. The molecule has 1 heterocycles. The topological polar surface area (TPSA) is 38.8 Å². The smallest absolute Gasteiger partial charge is 0.253 e. The van der Waals surface area contributed by atoms with Crippen LogP contribution in [-0.2, 0) is 13.6 Å². The van der Waals surface area contributed by atoms with E-state index in [1.54, 1.807) is 0 Å². The number of rotatable bonds is 2. The van der Waals surface area contributed by atoms with Crippen molar-refractivity contribution >= 4 is 0 Å². The molecule has 0 radical (unpaired) electrons. The van der Waals surface area contributed by atoms with Crippen molar-refractivity contribution in [2.24, 2.45) is 7.05 Å². The van der Waals surface area contributed by atoms with Gasteiger partial charge in [-0.15, -0.1) is 0 Å². The van der Waals surface area contributed by atoms with E-state index in [9.17, 15) is 0 Å². The molecule has 0 saturated heterocycles. The van der Waals surface area contributed by atoms with E-state index in [1.807, 2.05) is 6.07 Å². The van der Waals surface area contributed by atoms with Crippen LogP contribution in [0.4, 0.5) is 0 Å². The van der Waals surface area contributed by atoms with Crippen LogP contribution in [-0.4, -0.2) is 10.0 Å². The van der Waals surface area contributed by atoms with Crippen LogP contribution in [0.15, 0.2) is 42.7 Å². The van der Waals surface area contributed by atoms with Gasteiger partial charge in [0.25, 0.3) is 5.82 Å². The van der Waals surface area contributed by atoms with Crippen molar-refractivity contribution in [3.63, 3.8) is 0 Å². The molecule has 15 heavy (non-hydrogen) atoms. The van der Waals surface area contributed by atoms with Gasteiger partial charge in [0.1, 0.15) is 18.9 Å². The summed E-state index contributed by atoms with van der Waals surface area (Å²) in [5, 5.41) is 0. The van der Waals surface area contributed by atoms with Crippen molar-refractivity contribution in [2.75, 3.05) is 0 Å². The van der Waals surface area contributed by atoms with E-state index in [-0.39, 0.29) is 5.48 Å². The summed E-state index contributed by atoms with van der Waals surface area (Å²) < 4.78 is 4.37. The van der Waals surface area contributed by atoms with Crippen LogP contribution in [0.2, 0.25) is 0 Å². The predicted octanol–water partition coefficient (Wildman–Crippen LogP) is 1.49. The first-order valence-corrected chi connectivity index (χ1v) is 4.82. The highest BCUT2D eigenvalue weighted by atomic mass is 16.0. The standard InChI is InChI=1S/C12H15N2.H2O/c1-11-13(2)8-9-14(11)10-12-6-4-3-5-7-12;/h3-9H,10H2,1-2H3;1H2/q+1;/p-1. The predicted molar refractivity (Wildman–Crippen MR) is 57.8 cm³/mol. The SMILES string of the molecule is Cc1n(Cc2ccccc2)cc[n+]1C.[OH-]. The molecule has 3 nitrogen and oxygen atoms in total. The Morgan fingerprint density at radius 2 is 1.87 bits per heavy atom. The van der Waals surface area contributed by atoms with Crippen LogP contribution in [0.3, 0.4) is 0 Å². The summed E-state index contributed by atoms with van der Waals surface area (Å²) in [5.41, 5.74) is 1.34. The van der Waals surface area contributed by atoms with E-state index in [1.165, 1.54) is 11.4 Å². The second-order valence-corrected chi connectivity index (χ2v) is 3.57. The summed E-state index contributed by atoms with van der Waals surface area (Å²) in [6.07, 6.45) is 4.20. The Labute approximate surface area is 89.9 Å². The third-order valence-corrected chi connectivity index (χ3v) is 2.59. The summed E-state index contributed by atoms with van der Waals surface area (Å²) in [5.74, 6) is 1.27. The summed E-state index contributed by atoms with van der Waals surface area (Å²) in [7, 11) is 2.07. The van der Waals surface area contributed by atoms with Gasteiger partial charge in [-0.25, -0.2) is 9.13 Å². The number of hydrogen-bond acceptors (Lipinski definition) is 1. The first-order valence-electron chi connectivity index (χ1n) is 4.82. The Kier molecular flexibility index (Phi) is 3.63. The van der Waals surface area contributed by atoms with Crippen LogP contribution in [0.25, 0.3) is 0 Å². The Morgan fingerprint density at radius 1 is 1.20 bits per heavy atom. The minimum Gasteiger partial charge on any atom is -0.870 e. The third kappa shape index (κ3) is 2.44. The van der Waals surface area contributed by atoms with E-state index in [4.69, 9.17) is 0 Å². The molecular weight excluding hydrogens is 188 g/mol. The molecule has 0 unspecified atom stereocenters. The molecule has 0 fully saturated rings. The fraction of sp³-hybridized carbons (Fsp3) is 0.250. The largest absolute Gasteiger partial charge is 0.870 e. The van der Waals surface area contributed by atoms with Crippen LogP contribution in [0.1, 0.15) is 11.4 Å². The molecule has 0 aliphatic rings. The molecule has 0 aliphatic heterocycles. The molecule has 1 N–H and O–H groups in total. The Hall–Kier alpha value is -1.61. The van der Waals surface area contributed by atoms with E-state index >= 15 is 0 Å². The van der Waals surface area contributed by atoms with Crippen LogP contribution >= 0.6 is 0 Å². The highest BCUT2D eigenvalue weighted by molar-refractivity contribution is 5.15. The van der Waals surface area contributed by atoms with Gasteiger partial charge in [0.2, 0.25) is 0 Å². The van der Waals surface area contributed by atoms with Crippen molar-refractivity contribution in [1.29, 1.82) is 0 Å². The molecule has 0 amide bonds. The van der Waals surface area contributed by atoms with Gasteiger partial charge in [-0.2, -0.15) is 0 Å². The first kappa shape index (κ1) is 11.5. The maximum absolute atomic E-state index is 2.25. The molecule has 0 saturated carbocycles. The lowest BCUT2D eigenvalue weighted by molar-refractivity contribution is -0.677. The lowest BCUT2D eigenvalue weighted by Crippen LogP contribution is -2.29. The van der Waals surface area contributed by atoms with Gasteiger partial charge in [-0.3, -0.25) is 0 Å². The molecule has 80 valence electrons. The molecule has 1 aromatic heterocycles. The number of nitrogens with zero attached hydrogens (tertiary/aromatic N) is 2. The Morgan fingerprint density at radius 3 is 2.40 bits per heavy atom. The molecule has 1 aromatic carbocycles. The summed E-state index contributed by atoms with van der Waals surface area (Å²) >= 11 is 0. The molecule has 0 bridgehead atoms. The van der Waals surface area contributed by atoms with Gasteiger partial charge >= 0.3 is 0 Å². The number of aryl methyl sites for hydroxylation is 1. The lowest BCUT2D eigenvalue weighted by atomic mass is 10.2. The van der Waals surface area contributed by atoms with Gasteiger partial charge in [-0.05, 0) is 5.56 Å². The Balaban J connectivity index is 0.00000112. The summed E-state index contributed by atoms with van der Waals surface area (Å²) in [4.78, 5) is 0. The zero-order valence-corrected chi connectivity index (χ0v) is 9.09. The molecule has 0 aliphatic carbocycles. The summed E-state index contributed by atoms with van der Waals surface area (Å²) in [6.45, 7) is 3.08. The van der Waals surface area contributed by atoms with Gasteiger partial charge < -0.3 is 5.48 Å². The molecule has 2 rings (SSSR count). The number of aromatic nitrogens is 2. The van der Waals surface area contributed by atoms with Gasteiger partial charge in [0.15, 0.2) is 0 Å². The van der Waals surface area contributed by atoms with Crippen LogP contribution in [0, 0.1) is 6.92 Å². The van der Waals surface area contributed by atoms with Crippen molar-refractivity contribution in [3.05, 3.63) is 54.1 Å². The lowest BCUT2D eigenvalue weighted by Gasteiger charge is -1.98. The Bertz CT molecular complexity index is 420. The summed E-state index contributed by atoms with van der Waals surface area (Å²) in [6, 6.07) is 10.5. The van der Waals surface area contributed by atoms with E-state index in [0.717, 1.165) is 6.54 Å². The van der Waals surface area contributed by atoms with E-state index in [2.05, 4.69) is 59.8 Å². The van der Waals surface area contributed by atoms with Gasteiger partial charge in [-0.1, -0.05) is 30.3 Å². The highest BCUT2D eigenvalue weighted by Crippen LogP contribution is 2.03. The van der Waals surface area contributed by atoms with Crippen molar-refractivity contribution < 1.29 is 10.0 Å². The van der Waals surface area contributed by atoms with Crippen LogP contribution in [0.5, 0.6) is 0 Å². The highest BCUT2D eigenvalue weighted by Gasteiger charge is 2.08. The van der Waals surface area contributed by atoms with Gasteiger partial charge in [0.05, 0.1) is 7.05 Å². The minimum absolute atomic E-state index is 0. The second kappa shape index (κ2) is 4.75. The minimum atomic E-state index is 0. The molecule has 0 atom stereocenters. The fourth-order valence-electron chi connectivity index (χ4n) is 1.55. The van der Waals surface area contributed by atoms with Crippen molar-refractivity contribution in [1.82, 2.24) is 4.57 Å². The maximum atomic E-state index is 2.25. The van der Waals surface area contributed by atoms with Gasteiger partial charge in [0, 0.05) is 6.92 Å². The number of hydrogen-bond donors (Lipinski definition) is 0. The average Bonchev–Trinajstić information content (AvgIpc) is 2.52. The average molecular weight is 204 g/mol. The van der Waals surface area contributed by atoms with E-state index in [0.29, 0.717) is 0 Å². The molecular formula is C12H16N2O. The maximum Gasteiger partial charge on any atom is 0.253 e. The zero-order chi connectivity index (χ0) is 9.97. The fourth-order valence-corrected chi connectivity index (χ4v) is 1.55. The van der Waals surface area contributed by atoms with Crippen molar-refractivity contribution in [2.45, 2.75) is 13.5 Å². The zero-order valence-electron chi connectivity index (χ0n) is 9.09. The quantitative estimate of drug-likeness (QED) is 0.683. The first-order chi connectivity index (χ1) is 6.77.